The van der Waals surface area contributed by atoms with Crippen LogP contribution in [0.25, 0.3) is 0 Å². The second kappa shape index (κ2) is 4.25. The monoisotopic (exact) mass is 366 g/mol. The molecule has 0 aliphatic rings. The summed E-state index contributed by atoms with van der Waals surface area (Å²) < 4.78 is 56.7. The molecule has 0 aliphatic carbocycles. The molecule has 1 aromatic rings. The van der Waals surface area contributed by atoms with Gasteiger partial charge in [0.1, 0.15) is 0 Å². The molecule has 0 fully saturated rings. The van der Waals surface area contributed by atoms with Crippen LogP contribution in [0, 0.1) is 0 Å². The topological polar surface area (TPSA) is 0 Å². The van der Waals surface area contributed by atoms with Crippen molar-refractivity contribution in [3.05, 3.63) is 35.9 Å². The summed E-state index contributed by atoms with van der Waals surface area (Å²) in [6.45, 7) is 0. The zero-order chi connectivity index (χ0) is 12.6. The van der Waals surface area contributed by atoms with E-state index in [4.69, 9.17) is 0 Å². The summed E-state index contributed by atoms with van der Waals surface area (Å²) in [6, 6.07) is 6.20. The van der Waals surface area contributed by atoms with Crippen molar-refractivity contribution in [3.8, 4) is 0 Å². The zero-order valence-corrected chi connectivity index (χ0v) is 10.7. The van der Waals surface area contributed by atoms with E-state index in [-0.39, 0.29) is 0 Å². The summed E-state index contributed by atoms with van der Waals surface area (Å²) >= 11 is 3.89. The molecule has 0 amide bonds. The summed E-state index contributed by atoms with van der Waals surface area (Å²) in [5.41, 5.74) is -0.466. The number of benzene rings is 1. The Morgan fingerprint density at radius 3 is 1.62 bits per heavy atom. The third-order valence-electron chi connectivity index (χ3n) is 1.89. The molecule has 2 atom stereocenters. The number of alkyl halides is 7. The van der Waals surface area contributed by atoms with Crippen molar-refractivity contribution in [2.75, 3.05) is 0 Å². The molecule has 0 unspecified atom stereocenters. The standard InChI is InChI=1S/C9H5Br2F5/c10-7(12,6-4-2-1-3-5-6)8(11,13)9(14,15)16/h1-5H/t7-,8-/m0/s1. The van der Waals surface area contributed by atoms with Gasteiger partial charge in [-0.15, -0.1) is 0 Å². The van der Waals surface area contributed by atoms with Gasteiger partial charge in [0, 0.05) is 5.56 Å². The lowest BCUT2D eigenvalue weighted by Crippen LogP contribution is -2.47. The SMILES string of the molecule is FC(F)(F)[C@](F)(Br)[C@](F)(Br)c1ccccc1. The zero-order valence-electron chi connectivity index (χ0n) is 7.53. The first-order valence-corrected chi connectivity index (χ1v) is 5.57. The van der Waals surface area contributed by atoms with Crippen molar-refractivity contribution in [2.45, 2.75) is 15.3 Å². The van der Waals surface area contributed by atoms with E-state index >= 15 is 0 Å². The van der Waals surface area contributed by atoms with Crippen LogP contribution in [0.3, 0.4) is 0 Å². The van der Waals surface area contributed by atoms with Crippen molar-refractivity contribution in [1.82, 2.24) is 0 Å². The Balaban J connectivity index is 3.22. The van der Waals surface area contributed by atoms with Gasteiger partial charge in [-0.1, -0.05) is 30.3 Å². The van der Waals surface area contributed by atoms with E-state index in [0.29, 0.717) is 0 Å². The van der Waals surface area contributed by atoms with Gasteiger partial charge in [-0.25, -0.2) is 8.78 Å². The van der Waals surface area contributed by atoms with Crippen LogP contribution in [-0.2, 0) is 4.58 Å². The summed E-state index contributed by atoms with van der Waals surface area (Å²) in [6.07, 6.45) is -5.39. The molecule has 1 rings (SSSR count). The van der Waals surface area contributed by atoms with Gasteiger partial charge in [0.15, 0.2) is 0 Å². The highest BCUT2D eigenvalue weighted by molar-refractivity contribution is 9.12. The van der Waals surface area contributed by atoms with Gasteiger partial charge >= 0.3 is 10.8 Å². The Morgan fingerprint density at radius 2 is 1.25 bits per heavy atom. The van der Waals surface area contributed by atoms with Crippen LogP contribution in [0.1, 0.15) is 5.56 Å². The lowest BCUT2D eigenvalue weighted by Gasteiger charge is -2.32. The van der Waals surface area contributed by atoms with Crippen LogP contribution < -0.4 is 0 Å². The van der Waals surface area contributed by atoms with Crippen LogP contribution in [0.5, 0.6) is 0 Å². The molecule has 0 bridgehead atoms. The lowest BCUT2D eigenvalue weighted by molar-refractivity contribution is -0.214. The van der Waals surface area contributed by atoms with E-state index in [1.54, 1.807) is 15.9 Å². The fraction of sp³-hybridized carbons (Fsp3) is 0.333. The fourth-order valence-electron chi connectivity index (χ4n) is 1.01. The van der Waals surface area contributed by atoms with Crippen LogP contribution in [-0.4, -0.2) is 10.8 Å². The van der Waals surface area contributed by atoms with Gasteiger partial charge in [-0.05, 0) is 31.9 Å². The normalized spacial score (nSPS) is 19.9. The third kappa shape index (κ3) is 2.25. The maximum Gasteiger partial charge on any atom is 0.437 e. The predicted octanol–water partition coefficient (Wildman–Crippen LogP) is 4.83. The molecule has 0 heterocycles. The van der Waals surface area contributed by atoms with Crippen molar-refractivity contribution in [3.63, 3.8) is 0 Å². The van der Waals surface area contributed by atoms with Gasteiger partial charge in [-0.3, -0.25) is 0 Å². The first kappa shape index (κ1) is 13.9. The highest BCUT2D eigenvalue weighted by Gasteiger charge is 2.68. The minimum absolute atomic E-state index is 0.466. The van der Waals surface area contributed by atoms with Gasteiger partial charge in [0.25, 0.3) is 0 Å². The van der Waals surface area contributed by atoms with Gasteiger partial charge in [-0.2, -0.15) is 13.2 Å². The van der Waals surface area contributed by atoms with Crippen LogP contribution in [0.15, 0.2) is 30.3 Å². The summed E-state index contributed by atoms with van der Waals surface area (Å²) in [5.74, 6) is 0. The van der Waals surface area contributed by atoms with Gasteiger partial charge in [0.2, 0.25) is 4.58 Å². The molecule has 0 saturated heterocycles. The van der Waals surface area contributed by atoms with E-state index in [1.807, 2.05) is 0 Å². The number of rotatable bonds is 2. The van der Waals surface area contributed by atoms with Crippen molar-refractivity contribution in [1.29, 1.82) is 0 Å². The van der Waals surface area contributed by atoms with Gasteiger partial charge in [0.05, 0.1) is 0 Å². The highest BCUT2D eigenvalue weighted by atomic mass is 79.9. The maximum absolute atomic E-state index is 13.9. The fourth-order valence-corrected chi connectivity index (χ4v) is 1.72. The van der Waals surface area contributed by atoms with Crippen molar-refractivity contribution >= 4 is 31.9 Å². The maximum atomic E-state index is 13.9. The number of hydrogen-bond donors (Lipinski definition) is 0. The summed E-state index contributed by atoms with van der Waals surface area (Å²) in [5, 5.41) is 0. The number of hydrogen-bond acceptors (Lipinski definition) is 0. The molecule has 0 aliphatic heterocycles. The molecule has 0 radical (unpaired) electrons. The van der Waals surface area contributed by atoms with Crippen LogP contribution in [0.2, 0.25) is 0 Å². The lowest BCUT2D eigenvalue weighted by atomic mass is 10.1. The van der Waals surface area contributed by atoms with Crippen molar-refractivity contribution < 1.29 is 22.0 Å². The molecule has 90 valence electrons. The molecular formula is C9H5Br2F5. The van der Waals surface area contributed by atoms with E-state index < -0.39 is 20.9 Å². The second-order valence-corrected chi connectivity index (χ2v) is 5.20. The molecule has 0 nitrogen and oxygen atoms in total. The first-order valence-electron chi connectivity index (χ1n) is 3.98. The molecule has 0 aromatic heterocycles. The van der Waals surface area contributed by atoms with Gasteiger partial charge < -0.3 is 0 Å². The average molecular weight is 368 g/mol. The quantitative estimate of drug-likeness (QED) is 0.519. The first-order chi connectivity index (χ1) is 7.11. The smallest absolute Gasteiger partial charge is 0.221 e. The van der Waals surface area contributed by atoms with E-state index in [0.717, 1.165) is 12.1 Å². The average Bonchev–Trinajstić information content (AvgIpc) is 2.17. The summed E-state index contributed by atoms with van der Waals surface area (Å²) in [4.78, 5) is 0. The Labute approximate surface area is 105 Å². The second-order valence-electron chi connectivity index (χ2n) is 3.01. The Bertz CT molecular complexity index is 358. The number of halogens is 7. The molecule has 16 heavy (non-hydrogen) atoms. The molecule has 0 saturated carbocycles. The molecule has 0 N–H and O–H groups in total. The Morgan fingerprint density at radius 1 is 0.812 bits per heavy atom. The van der Waals surface area contributed by atoms with Crippen LogP contribution >= 0.6 is 31.9 Å². The minimum atomic E-state index is -5.39. The molecular weight excluding hydrogens is 363 g/mol. The van der Waals surface area contributed by atoms with E-state index in [2.05, 4.69) is 15.9 Å². The predicted molar refractivity (Wildman–Crippen MR) is 57.0 cm³/mol. The van der Waals surface area contributed by atoms with E-state index in [9.17, 15) is 22.0 Å². The highest BCUT2D eigenvalue weighted by Crippen LogP contribution is 2.56. The Hall–Kier alpha value is -0.170. The van der Waals surface area contributed by atoms with Crippen LogP contribution in [0.4, 0.5) is 22.0 Å². The largest absolute Gasteiger partial charge is 0.437 e. The van der Waals surface area contributed by atoms with Crippen molar-refractivity contribution in [2.24, 2.45) is 0 Å². The Kier molecular flexibility index (Phi) is 3.69. The third-order valence-corrected chi connectivity index (χ3v) is 4.42. The van der Waals surface area contributed by atoms with E-state index in [1.165, 1.54) is 18.2 Å². The molecule has 0 spiro atoms. The minimum Gasteiger partial charge on any atom is -0.221 e. The molecule has 7 heteroatoms. The summed E-state index contributed by atoms with van der Waals surface area (Å²) in [7, 11) is 0. The molecule has 1 aromatic carbocycles.